The highest BCUT2D eigenvalue weighted by molar-refractivity contribution is 5.93. The second-order valence-corrected chi connectivity index (χ2v) is 12.3. The maximum absolute atomic E-state index is 14.6. The predicted octanol–water partition coefficient (Wildman–Crippen LogP) is 5.73. The molecule has 41 heavy (non-hydrogen) atoms. The van der Waals surface area contributed by atoms with Crippen molar-refractivity contribution < 1.29 is 24.2 Å². The Morgan fingerprint density at radius 2 is 1.66 bits per heavy atom. The van der Waals surface area contributed by atoms with E-state index in [2.05, 4.69) is 24.5 Å². The van der Waals surface area contributed by atoms with Gasteiger partial charge in [-0.15, -0.1) is 0 Å². The molecule has 1 aliphatic rings. The standard InChI is InChI=1S/C33H47N3O5/c1-8-9-10-18-34-30(38)29(28-21(2)12-11-13-22(28)3)36(27-19-23(27)4)31(39)26(35-32(40)41-33(5,6)7)20-24-14-16-25(37)17-15-24/h11-17,23,26-27,29,37H,8-10,18-20H2,1-7H3,(H,34,38)(H,35,40). The molecule has 0 aliphatic heterocycles. The van der Waals surface area contributed by atoms with Gasteiger partial charge >= 0.3 is 6.09 Å². The Hall–Kier alpha value is -3.55. The number of nitrogens with zero attached hydrogens (tertiary/aromatic N) is 1. The lowest BCUT2D eigenvalue weighted by molar-refractivity contribution is -0.143. The third-order valence-electron chi connectivity index (χ3n) is 7.47. The zero-order valence-electron chi connectivity index (χ0n) is 25.6. The van der Waals surface area contributed by atoms with Crippen LogP contribution in [0.4, 0.5) is 4.79 Å². The van der Waals surface area contributed by atoms with E-state index in [1.54, 1.807) is 49.9 Å². The molecule has 0 heterocycles. The molecule has 8 heteroatoms. The number of ether oxygens (including phenoxy) is 1. The minimum Gasteiger partial charge on any atom is -0.508 e. The highest BCUT2D eigenvalue weighted by Crippen LogP contribution is 2.42. The zero-order chi connectivity index (χ0) is 30.3. The lowest BCUT2D eigenvalue weighted by Gasteiger charge is -2.36. The number of carbonyl (C=O) groups is 3. The van der Waals surface area contributed by atoms with Gasteiger partial charge in [0.25, 0.3) is 0 Å². The first-order chi connectivity index (χ1) is 19.3. The first kappa shape index (κ1) is 32.0. The first-order valence-electron chi connectivity index (χ1n) is 14.8. The summed E-state index contributed by atoms with van der Waals surface area (Å²) in [4.78, 5) is 43.2. The molecular weight excluding hydrogens is 518 g/mol. The SMILES string of the molecule is CCCCCNC(=O)C(c1c(C)cccc1C)N(C(=O)C(Cc1ccc(O)cc1)NC(=O)OC(C)(C)C)C1CC1C. The summed E-state index contributed by atoms with van der Waals surface area (Å²) in [5.74, 6) is -0.226. The Morgan fingerprint density at radius 1 is 1.05 bits per heavy atom. The van der Waals surface area contributed by atoms with Crippen molar-refractivity contribution in [2.45, 2.75) is 104 Å². The first-order valence-corrected chi connectivity index (χ1v) is 14.8. The second-order valence-electron chi connectivity index (χ2n) is 12.3. The number of aromatic hydroxyl groups is 1. The van der Waals surface area contributed by atoms with Gasteiger partial charge in [0.2, 0.25) is 11.8 Å². The fraction of sp³-hybridized carbons (Fsp3) is 0.545. The summed E-state index contributed by atoms with van der Waals surface area (Å²) in [6.07, 6.45) is 3.15. The van der Waals surface area contributed by atoms with Gasteiger partial charge in [-0.3, -0.25) is 9.59 Å². The normalized spacial score (nSPS) is 17.7. The van der Waals surface area contributed by atoms with Crippen molar-refractivity contribution in [2.75, 3.05) is 6.54 Å². The van der Waals surface area contributed by atoms with Gasteiger partial charge in [0, 0.05) is 19.0 Å². The maximum atomic E-state index is 14.6. The van der Waals surface area contributed by atoms with Crippen LogP contribution in [0.2, 0.25) is 0 Å². The van der Waals surface area contributed by atoms with Crippen molar-refractivity contribution in [1.29, 1.82) is 0 Å². The fourth-order valence-corrected chi connectivity index (χ4v) is 5.21. The molecule has 3 amide bonds. The molecule has 1 fully saturated rings. The average Bonchev–Trinajstić information content (AvgIpc) is 3.60. The number of phenols is 1. The summed E-state index contributed by atoms with van der Waals surface area (Å²) in [5, 5.41) is 15.7. The number of unbranched alkanes of at least 4 members (excludes halogenated alkanes) is 2. The smallest absolute Gasteiger partial charge is 0.408 e. The molecule has 1 aliphatic carbocycles. The molecule has 3 rings (SSSR count). The van der Waals surface area contributed by atoms with E-state index in [0.29, 0.717) is 6.54 Å². The van der Waals surface area contributed by atoms with Gasteiger partial charge < -0.3 is 25.4 Å². The quantitative estimate of drug-likeness (QED) is 0.285. The molecule has 2 aromatic carbocycles. The van der Waals surface area contributed by atoms with Gasteiger partial charge in [-0.25, -0.2) is 4.79 Å². The number of phenolic OH excluding ortho intramolecular Hbond substituents is 1. The number of nitrogens with one attached hydrogen (secondary N) is 2. The topological polar surface area (TPSA) is 108 Å². The Kier molecular flexibility index (Phi) is 10.8. The van der Waals surface area contributed by atoms with Gasteiger partial charge in [0.1, 0.15) is 23.4 Å². The zero-order valence-corrected chi connectivity index (χ0v) is 25.6. The highest BCUT2D eigenvalue weighted by atomic mass is 16.6. The molecule has 0 bridgehead atoms. The molecule has 3 N–H and O–H groups in total. The van der Waals surface area contributed by atoms with Crippen LogP contribution in [-0.4, -0.2) is 52.1 Å². The van der Waals surface area contributed by atoms with Crippen molar-refractivity contribution in [1.82, 2.24) is 15.5 Å². The predicted molar refractivity (Wildman–Crippen MR) is 161 cm³/mol. The number of carbonyl (C=O) groups excluding carboxylic acids is 3. The van der Waals surface area contributed by atoms with Gasteiger partial charge in [-0.05, 0) is 87.8 Å². The molecule has 2 aromatic rings. The average molecular weight is 566 g/mol. The molecular formula is C33H47N3O5. The van der Waals surface area contributed by atoms with Crippen molar-refractivity contribution in [2.24, 2.45) is 5.92 Å². The lowest BCUT2D eigenvalue weighted by atomic mass is 9.93. The Bertz CT molecular complexity index is 1180. The van der Waals surface area contributed by atoms with Crippen LogP contribution in [0, 0.1) is 19.8 Å². The van der Waals surface area contributed by atoms with Crippen molar-refractivity contribution in [3.05, 3.63) is 64.7 Å². The summed E-state index contributed by atoms with van der Waals surface area (Å²) < 4.78 is 5.52. The molecule has 0 spiro atoms. The molecule has 4 unspecified atom stereocenters. The Labute approximate surface area is 244 Å². The molecule has 1 saturated carbocycles. The van der Waals surface area contributed by atoms with Crippen LogP contribution in [0.5, 0.6) is 5.75 Å². The minimum absolute atomic E-state index is 0.111. The molecule has 0 aromatic heterocycles. The second kappa shape index (κ2) is 13.9. The van der Waals surface area contributed by atoms with E-state index in [1.165, 1.54) is 0 Å². The van der Waals surface area contributed by atoms with Crippen LogP contribution in [0.3, 0.4) is 0 Å². The summed E-state index contributed by atoms with van der Waals surface area (Å²) in [6, 6.07) is 10.5. The highest BCUT2D eigenvalue weighted by Gasteiger charge is 2.48. The van der Waals surface area contributed by atoms with E-state index in [0.717, 1.165) is 47.9 Å². The molecule has 0 saturated heterocycles. The Balaban J connectivity index is 2.05. The molecule has 4 atom stereocenters. The number of hydrogen-bond donors (Lipinski definition) is 3. The third-order valence-corrected chi connectivity index (χ3v) is 7.47. The van der Waals surface area contributed by atoms with E-state index in [4.69, 9.17) is 4.74 Å². The van der Waals surface area contributed by atoms with E-state index in [9.17, 15) is 19.5 Å². The largest absolute Gasteiger partial charge is 0.508 e. The van der Waals surface area contributed by atoms with Crippen LogP contribution in [-0.2, 0) is 20.7 Å². The van der Waals surface area contributed by atoms with Gasteiger partial charge in [0.05, 0.1) is 0 Å². The number of amides is 3. The van der Waals surface area contributed by atoms with Crippen molar-refractivity contribution in [3.8, 4) is 5.75 Å². The van der Waals surface area contributed by atoms with Crippen molar-refractivity contribution >= 4 is 17.9 Å². The Morgan fingerprint density at radius 3 is 2.20 bits per heavy atom. The van der Waals surface area contributed by atoms with Crippen LogP contribution >= 0.6 is 0 Å². The van der Waals surface area contributed by atoms with E-state index < -0.39 is 23.8 Å². The van der Waals surface area contributed by atoms with E-state index >= 15 is 0 Å². The number of aryl methyl sites for hydroxylation is 2. The fourth-order valence-electron chi connectivity index (χ4n) is 5.21. The monoisotopic (exact) mass is 565 g/mol. The van der Waals surface area contributed by atoms with Crippen LogP contribution in [0.1, 0.15) is 88.6 Å². The number of benzene rings is 2. The van der Waals surface area contributed by atoms with Gasteiger partial charge in [0.15, 0.2) is 0 Å². The summed E-state index contributed by atoms with van der Waals surface area (Å²) in [7, 11) is 0. The van der Waals surface area contributed by atoms with E-state index in [1.807, 2.05) is 32.0 Å². The number of alkyl carbamates (subject to hydrolysis) is 1. The van der Waals surface area contributed by atoms with Crippen molar-refractivity contribution in [3.63, 3.8) is 0 Å². The summed E-state index contributed by atoms with van der Waals surface area (Å²) >= 11 is 0. The van der Waals surface area contributed by atoms with Gasteiger partial charge in [-0.1, -0.05) is 57.0 Å². The summed E-state index contributed by atoms with van der Waals surface area (Å²) in [6.45, 7) is 13.9. The van der Waals surface area contributed by atoms with Crippen LogP contribution in [0.15, 0.2) is 42.5 Å². The van der Waals surface area contributed by atoms with Crippen LogP contribution < -0.4 is 10.6 Å². The summed E-state index contributed by atoms with van der Waals surface area (Å²) in [5.41, 5.74) is 2.68. The molecule has 8 nitrogen and oxygen atoms in total. The van der Waals surface area contributed by atoms with Crippen LogP contribution in [0.25, 0.3) is 0 Å². The minimum atomic E-state index is -0.984. The van der Waals surface area contributed by atoms with E-state index in [-0.39, 0.29) is 35.9 Å². The third kappa shape index (κ3) is 8.97. The van der Waals surface area contributed by atoms with Gasteiger partial charge in [-0.2, -0.15) is 0 Å². The lowest BCUT2D eigenvalue weighted by Crippen LogP contribution is -2.55. The number of rotatable bonds is 12. The molecule has 224 valence electrons. The molecule has 0 radical (unpaired) electrons. The maximum Gasteiger partial charge on any atom is 0.408 e. The number of hydrogen-bond acceptors (Lipinski definition) is 5.